The predicted molar refractivity (Wildman–Crippen MR) is 102 cm³/mol. The number of carbonyl (C=O) groups is 1. The Morgan fingerprint density at radius 3 is 2.42 bits per heavy atom. The van der Waals surface area contributed by atoms with E-state index in [-0.39, 0.29) is 23.5 Å². The minimum absolute atomic E-state index is 0.0672. The highest BCUT2D eigenvalue weighted by Gasteiger charge is 2.13. The van der Waals surface area contributed by atoms with E-state index in [4.69, 9.17) is 16.3 Å². The largest absolute Gasteiger partial charge is 0.483 e. The number of Topliss-reactive ketones (excluding diaryl/α,β-unsaturated/α-hetero) is 1. The highest BCUT2D eigenvalue weighted by atomic mass is 35.5. The lowest BCUT2D eigenvalue weighted by Gasteiger charge is -2.14. The summed E-state index contributed by atoms with van der Waals surface area (Å²) in [6, 6.07) is 17.8. The molecule has 0 saturated heterocycles. The first-order valence-electron chi connectivity index (χ1n) is 8.20. The third kappa shape index (κ3) is 4.21. The highest BCUT2D eigenvalue weighted by molar-refractivity contribution is 6.30. The summed E-state index contributed by atoms with van der Waals surface area (Å²) in [5.41, 5.74) is 1.96. The summed E-state index contributed by atoms with van der Waals surface area (Å²) in [5, 5.41) is 0.581. The van der Waals surface area contributed by atoms with Crippen molar-refractivity contribution >= 4 is 17.4 Å². The first-order valence-corrected chi connectivity index (χ1v) is 8.58. The Labute approximate surface area is 156 Å². The Morgan fingerprint density at radius 2 is 1.73 bits per heavy atom. The minimum Gasteiger partial charge on any atom is -0.483 e. The molecule has 0 radical (unpaired) electrons. The van der Waals surface area contributed by atoms with E-state index in [1.54, 1.807) is 42.0 Å². The van der Waals surface area contributed by atoms with Crippen LogP contribution in [-0.4, -0.2) is 10.4 Å². The molecule has 0 unspecified atom stereocenters. The topological polar surface area (TPSA) is 48.3 Å². The zero-order valence-electron chi connectivity index (χ0n) is 14.3. The molecule has 0 aliphatic carbocycles. The van der Waals surface area contributed by atoms with E-state index in [0.29, 0.717) is 22.9 Å². The molecule has 4 nitrogen and oxygen atoms in total. The summed E-state index contributed by atoms with van der Waals surface area (Å²) >= 11 is 5.86. The van der Waals surface area contributed by atoms with Gasteiger partial charge in [-0.15, -0.1) is 0 Å². The molecule has 0 spiro atoms. The van der Waals surface area contributed by atoms with Crippen LogP contribution >= 0.6 is 11.6 Å². The van der Waals surface area contributed by atoms with Gasteiger partial charge in [0.2, 0.25) is 5.43 Å². The summed E-state index contributed by atoms with van der Waals surface area (Å²) in [7, 11) is 0. The van der Waals surface area contributed by atoms with Crippen LogP contribution in [0.1, 0.15) is 21.6 Å². The Balaban J connectivity index is 1.79. The number of ketones is 1. The average molecular weight is 368 g/mol. The van der Waals surface area contributed by atoms with Crippen molar-refractivity contribution in [2.45, 2.75) is 20.1 Å². The SMILES string of the molecule is Cc1c(OCc2ccccc2)c(=O)ccn1CC(=O)c1ccc(Cl)cc1. The number of nitrogens with zero attached hydrogens (tertiary/aromatic N) is 1. The minimum atomic E-state index is -0.200. The maximum Gasteiger partial charge on any atom is 0.223 e. The normalized spacial score (nSPS) is 10.5. The Bertz CT molecular complexity index is 963. The molecule has 0 saturated carbocycles. The van der Waals surface area contributed by atoms with Crippen molar-refractivity contribution in [2.24, 2.45) is 0 Å². The zero-order valence-corrected chi connectivity index (χ0v) is 15.1. The molecule has 2 aromatic carbocycles. The second kappa shape index (κ2) is 8.02. The van der Waals surface area contributed by atoms with E-state index in [9.17, 15) is 9.59 Å². The van der Waals surface area contributed by atoms with Crippen LogP contribution < -0.4 is 10.2 Å². The molecule has 5 heteroatoms. The number of pyridine rings is 1. The summed E-state index contributed by atoms with van der Waals surface area (Å²) < 4.78 is 7.46. The first-order chi connectivity index (χ1) is 12.5. The third-order valence-corrected chi connectivity index (χ3v) is 4.35. The summed E-state index contributed by atoms with van der Waals surface area (Å²) in [4.78, 5) is 24.6. The van der Waals surface area contributed by atoms with Crippen molar-refractivity contribution in [3.8, 4) is 5.75 Å². The van der Waals surface area contributed by atoms with E-state index in [2.05, 4.69) is 0 Å². The summed E-state index contributed by atoms with van der Waals surface area (Å²) in [6.45, 7) is 2.19. The number of ether oxygens (including phenoxy) is 1. The van der Waals surface area contributed by atoms with Gasteiger partial charge in [-0.2, -0.15) is 0 Å². The van der Waals surface area contributed by atoms with E-state index in [1.807, 2.05) is 30.3 Å². The summed E-state index contributed by atoms with van der Waals surface area (Å²) in [6.07, 6.45) is 1.61. The second-order valence-electron chi connectivity index (χ2n) is 5.93. The molecule has 0 N–H and O–H groups in total. The van der Waals surface area contributed by atoms with Crippen LogP contribution in [0.4, 0.5) is 0 Å². The van der Waals surface area contributed by atoms with Crippen LogP contribution in [0.5, 0.6) is 5.75 Å². The summed E-state index contributed by atoms with van der Waals surface area (Å²) in [5.74, 6) is 0.197. The van der Waals surface area contributed by atoms with Gasteiger partial charge in [-0.1, -0.05) is 41.9 Å². The molecule has 0 aliphatic heterocycles. The van der Waals surface area contributed by atoms with E-state index in [0.717, 1.165) is 5.56 Å². The van der Waals surface area contributed by atoms with Crippen molar-refractivity contribution in [3.05, 3.63) is 98.9 Å². The number of rotatable bonds is 6. The quantitative estimate of drug-likeness (QED) is 0.611. The molecular formula is C21H18ClNO3. The van der Waals surface area contributed by atoms with Gasteiger partial charge in [0.25, 0.3) is 0 Å². The van der Waals surface area contributed by atoms with Crippen molar-refractivity contribution in [2.75, 3.05) is 0 Å². The third-order valence-electron chi connectivity index (χ3n) is 4.10. The molecule has 0 fully saturated rings. The molecule has 26 heavy (non-hydrogen) atoms. The van der Waals surface area contributed by atoms with Gasteiger partial charge in [0.1, 0.15) is 6.61 Å². The Hall–Kier alpha value is -2.85. The molecule has 0 amide bonds. The lowest BCUT2D eigenvalue weighted by molar-refractivity contribution is 0.0970. The van der Waals surface area contributed by atoms with Gasteiger partial charge < -0.3 is 9.30 Å². The lowest BCUT2D eigenvalue weighted by atomic mass is 10.1. The van der Waals surface area contributed by atoms with Crippen LogP contribution in [0.3, 0.4) is 0 Å². The molecule has 3 aromatic rings. The molecule has 1 heterocycles. The van der Waals surface area contributed by atoms with Gasteiger partial charge >= 0.3 is 0 Å². The Kier molecular flexibility index (Phi) is 5.54. The van der Waals surface area contributed by atoms with Crippen molar-refractivity contribution in [1.82, 2.24) is 4.57 Å². The van der Waals surface area contributed by atoms with Crippen LogP contribution in [-0.2, 0) is 13.2 Å². The fraction of sp³-hybridized carbons (Fsp3) is 0.143. The van der Waals surface area contributed by atoms with Gasteiger partial charge in [-0.25, -0.2) is 0 Å². The van der Waals surface area contributed by atoms with Gasteiger partial charge in [0.05, 0.1) is 12.2 Å². The van der Waals surface area contributed by atoms with Crippen molar-refractivity contribution in [3.63, 3.8) is 0 Å². The molecular weight excluding hydrogens is 350 g/mol. The fourth-order valence-corrected chi connectivity index (χ4v) is 2.74. The maximum absolute atomic E-state index is 12.5. The molecule has 132 valence electrons. The average Bonchev–Trinajstić information content (AvgIpc) is 2.65. The molecule has 0 atom stereocenters. The van der Waals surface area contributed by atoms with E-state index in [1.165, 1.54) is 6.07 Å². The van der Waals surface area contributed by atoms with Crippen molar-refractivity contribution in [1.29, 1.82) is 0 Å². The lowest BCUT2D eigenvalue weighted by Crippen LogP contribution is -2.18. The molecule has 0 bridgehead atoms. The number of halogens is 1. The molecule has 3 rings (SSSR count). The van der Waals surface area contributed by atoms with Gasteiger partial charge in [0.15, 0.2) is 11.5 Å². The van der Waals surface area contributed by atoms with Gasteiger partial charge in [-0.3, -0.25) is 9.59 Å². The Morgan fingerprint density at radius 1 is 1.04 bits per heavy atom. The van der Waals surface area contributed by atoms with Crippen LogP contribution in [0.2, 0.25) is 5.02 Å². The zero-order chi connectivity index (χ0) is 18.5. The molecule has 1 aromatic heterocycles. The van der Waals surface area contributed by atoms with Crippen LogP contribution in [0.25, 0.3) is 0 Å². The standard InChI is InChI=1S/C21H18ClNO3/c1-15-21(26-14-16-5-3-2-4-6-16)19(24)11-12-23(15)13-20(25)17-7-9-18(22)10-8-17/h2-12H,13-14H2,1H3. The van der Waals surface area contributed by atoms with E-state index < -0.39 is 0 Å². The smallest absolute Gasteiger partial charge is 0.223 e. The van der Waals surface area contributed by atoms with Gasteiger partial charge in [0, 0.05) is 22.8 Å². The number of hydrogen-bond acceptors (Lipinski definition) is 3. The molecule has 0 aliphatic rings. The highest BCUT2D eigenvalue weighted by Crippen LogP contribution is 2.16. The van der Waals surface area contributed by atoms with Crippen molar-refractivity contribution < 1.29 is 9.53 Å². The van der Waals surface area contributed by atoms with Crippen LogP contribution in [0.15, 0.2) is 71.7 Å². The monoisotopic (exact) mass is 367 g/mol. The van der Waals surface area contributed by atoms with Gasteiger partial charge in [-0.05, 0) is 36.8 Å². The number of hydrogen-bond donors (Lipinski definition) is 0. The second-order valence-corrected chi connectivity index (χ2v) is 6.36. The van der Waals surface area contributed by atoms with Crippen LogP contribution in [0, 0.1) is 6.92 Å². The van der Waals surface area contributed by atoms with E-state index >= 15 is 0 Å². The maximum atomic E-state index is 12.5. The first kappa shape index (κ1) is 18.0. The number of benzene rings is 2. The fourth-order valence-electron chi connectivity index (χ4n) is 2.61. The number of aromatic nitrogens is 1. The number of carbonyl (C=O) groups excluding carboxylic acids is 1. The predicted octanol–water partition coefficient (Wildman–Crippen LogP) is 4.27.